The number of nitro groups is 1. The van der Waals surface area contributed by atoms with E-state index in [2.05, 4.69) is 10.3 Å². The molecule has 0 bridgehead atoms. The molecule has 1 N–H and O–H groups in total. The van der Waals surface area contributed by atoms with Crippen molar-refractivity contribution in [2.24, 2.45) is 0 Å². The Morgan fingerprint density at radius 2 is 1.83 bits per heavy atom. The van der Waals surface area contributed by atoms with Crippen LogP contribution in [0.5, 0.6) is 0 Å². The number of oxazole rings is 1. The molecule has 1 amide bonds. The number of amides is 1. The quantitative estimate of drug-likeness (QED) is 0.389. The van der Waals surface area contributed by atoms with Crippen molar-refractivity contribution in [3.05, 3.63) is 106 Å². The number of rotatable bonds is 6. The Bertz CT molecular complexity index is 1150. The number of carbonyl (C=O) groups is 1. The molecule has 0 radical (unpaired) electrons. The van der Waals surface area contributed by atoms with Gasteiger partial charge in [-0.15, -0.1) is 0 Å². The molecule has 7 heteroatoms. The Labute approximate surface area is 166 Å². The van der Waals surface area contributed by atoms with Crippen LogP contribution in [0.25, 0.3) is 10.8 Å². The highest BCUT2D eigenvalue weighted by Gasteiger charge is 2.21. The molecule has 3 aromatic carbocycles. The standard InChI is InChI=1S/C22H17N3O4/c26-22(19-7-3-5-16-4-1-2-6-18(16)19)24-20(21-13-23-14-29-21)12-15-8-10-17(11-9-15)25(27)28/h1-11,13-14,20H,12H2,(H,24,26)/t20-/m0/s1. The van der Waals surface area contributed by atoms with Gasteiger partial charge in [0.05, 0.1) is 17.2 Å². The maximum atomic E-state index is 13.0. The summed E-state index contributed by atoms with van der Waals surface area (Å²) < 4.78 is 5.42. The third-order valence-electron chi connectivity index (χ3n) is 4.72. The van der Waals surface area contributed by atoms with Crippen LogP contribution in [0.4, 0.5) is 5.69 Å². The number of nitrogens with zero attached hydrogens (tertiary/aromatic N) is 2. The number of aromatic nitrogens is 1. The van der Waals surface area contributed by atoms with Gasteiger partial charge in [0.2, 0.25) is 0 Å². The predicted molar refractivity (Wildman–Crippen MR) is 107 cm³/mol. The van der Waals surface area contributed by atoms with Gasteiger partial charge in [-0.3, -0.25) is 14.9 Å². The first-order valence-corrected chi connectivity index (χ1v) is 9.02. The van der Waals surface area contributed by atoms with Gasteiger partial charge in [-0.25, -0.2) is 4.98 Å². The first kappa shape index (κ1) is 18.4. The second kappa shape index (κ2) is 7.93. The summed E-state index contributed by atoms with van der Waals surface area (Å²) >= 11 is 0. The Morgan fingerprint density at radius 1 is 1.07 bits per heavy atom. The maximum absolute atomic E-state index is 13.0. The fourth-order valence-electron chi connectivity index (χ4n) is 3.27. The van der Waals surface area contributed by atoms with Crippen molar-refractivity contribution in [1.82, 2.24) is 10.3 Å². The van der Waals surface area contributed by atoms with Gasteiger partial charge in [0, 0.05) is 17.7 Å². The summed E-state index contributed by atoms with van der Waals surface area (Å²) in [5.41, 5.74) is 1.41. The number of non-ortho nitro benzene ring substituents is 1. The van der Waals surface area contributed by atoms with Crippen LogP contribution in [0.15, 0.2) is 83.7 Å². The number of carbonyl (C=O) groups excluding carboxylic acids is 1. The van der Waals surface area contributed by atoms with Crippen molar-refractivity contribution in [2.75, 3.05) is 0 Å². The van der Waals surface area contributed by atoms with Crippen LogP contribution in [0.3, 0.4) is 0 Å². The van der Waals surface area contributed by atoms with Gasteiger partial charge in [-0.2, -0.15) is 0 Å². The van der Waals surface area contributed by atoms with E-state index in [1.165, 1.54) is 18.5 Å². The number of hydrogen-bond donors (Lipinski definition) is 1. The highest BCUT2D eigenvalue weighted by atomic mass is 16.6. The topological polar surface area (TPSA) is 98.3 Å². The maximum Gasteiger partial charge on any atom is 0.269 e. The van der Waals surface area contributed by atoms with E-state index in [4.69, 9.17) is 4.42 Å². The molecule has 1 atom stereocenters. The smallest absolute Gasteiger partial charge is 0.269 e. The van der Waals surface area contributed by atoms with Crippen LogP contribution in [0.2, 0.25) is 0 Å². The Morgan fingerprint density at radius 3 is 2.55 bits per heavy atom. The van der Waals surface area contributed by atoms with Crippen LogP contribution in [-0.2, 0) is 6.42 Å². The first-order chi connectivity index (χ1) is 14.1. The van der Waals surface area contributed by atoms with Crippen molar-refractivity contribution < 1.29 is 14.1 Å². The summed E-state index contributed by atoms with van der Waals surface area (Å²) in [7, 11) is 0. The largest absolute Gasteiger partial charge is 0.446 e. The van der Waals surface area contributed by atoms with Crippen LogP contribution >= 0.6 is 0 Å². The van der Waals surface area contributed by atoms with Gasteiger partial charge >= 0.3 is 0 Å². The summed E-state index contributed by atoms with van der Waals surface area (Å²) in [6.07, 6.45) is 3.27. The normalized spacial score (nSPS) is 11.9. The molecule has 0 saturated heterocycles. The minimum absolute atomic E-state index is 0.0183. The lowest BCUT2D eigenvalue weighted by molar-refractivity contribution is -0.384. The average molecular weight is 387 g/mol. The van der Waals surface area contributed by atoms with Gasteiger partial charge in [-0.1, -0.05) is 48.5 Å². The molecular weight excluding hydrogens is 370 g/mol. The van der Waals surface area contributed by atoms with Crippen LogP contribution in [-0.4, -0.2) is 15.8 Å². The molecule has 0 unspecified atom stereocenters. The summed E-state index contributed by atoms with van der Waals surface area (Å²) in [5.74, 6) is 0.280. The lowest BCUT2D eigenvalue weighted by Crippen LogP contribution is -2.30. The number of nitro benzene ring substituents is 1. The number of nitrogens with one attached hydrogen (secondary N) is 1. The number of fused-ring (bicyclic) bond motifs is 1. The second-order valence-electron chi connectivity index (χ2n) is 6.58. The van der Waals surface area contributed by atoms with Crippen LogP contribution in [0, 0.1) is 10.1 Å². The summed E-state index contributed by atoms with van der Waals surface area (Å²) in [6.45, 7) is 0. The summed E-state index contributed by atoms with van der Waals surface area (Å²) in [4.78, 5) is 27.4. The van der Waals surface area contributed by atoms with E-state index in [9.17, 15) is 14.9 Å². The van der Waals surface area contributed by atoms with Gasteiger partial charge in [0.15, 0.2) is 6.39 Å². The first-order valence-electron chi connectivity index (χ1n) is 9.02. The van der Waals surface area contributed by atoms with Crippen molar-refractivity contribution >= 4 is 22.4 Å². The Kier molecular flexibility index (Phi) is 5.03. The minimum atomic E-state index is -0.467. The number of benzene rings is 3. The Hall–Kier alpha value is -4.00. The molecule has 144 valence electrons. The fourth-order valence-corrected chi connectivity index (χ4v) is 3.27. The van der Waals surface area contributed by atoms with Crippen LogP contribution in [0.1, 0.15) is 27.7 Å². The molecule has 1 aromatic heterocycles. The molecule has 4 aromatic rings. The average Bonchev–Trinajstić information content (AvgIpc) is 3.28. The van der Waals surface area contributed by atoms with Crippen LogP contribution < -0.4 is 5.32 Å². The van der Waals surface area contributed by atoms with E-state index in [0.29, 0.717) is 17.7 Å². The third kappa shape index (κ3) is 3.98. The summed E-state index contributed by atoms with van der Waals surface area (Å²) in [6, 6.07) is 19.0. The van der Waals surface area contributed by atoms with Gasteiger partial charge in [0.25, 0.3) is 11.6 Å². The van der Waals surface area contributed by atoms with E-state index in [1.807, 2.05) is 36.4 Å². The van der Waals surface area contributed by atoms with E-state index in [-0.39, 0.29) is 11.6 Å². The molecule has 0 spiro atoms. The molecule has 0 fully saturated rings. The fraction of sp³-hybridized carbons (Fsp3) is 0.0909. The third-order valence-corrected chi connectivity index (χ3v) is 4.72. The molecule has 29 heavy (non-hydrogen) atoms. The molecule has 4 rings (SSSR count). The summed E-state index contributed by atoms with van der Waals surface area (Å²) in [5, 5.41) is 15.7. The van der Waals surface area contributed by atoms with Crippen molar-refractivity contribution in [3.8, 4) is 0 Å². The Balaban J connectivity index is 1.61. The molecule has 0 aliphatic rings. The van der Waals surface area contributed by atoms with Gasteiger partial charge < -0.3 is 9.73 Å². The second-order valence-corrected chi connectivity index (χ2v) is 6.58. The zero-order valence-corrected chi connectivity index (χ0v) is 15.3. The van der Waals surface area contributed by atoms with Gasteiger partial charge in [0.1, 0.15) is 5.76 Å². The van der Waals surface area contributed by atoms with E-state index in [1.54, 1.807) is 24.4 Å². The zero-order chi connectivity index (χ0) is 20.2. The monoisotopic (exact) mass is 387 g/mol. The van der Waals surface area contributed by atoms with Crippen molar-refractivity contribution in [3.63, 3.8) is 0 Å². The van der Waals surface area contributed by atoms with Gasteiger partial charge in [-0.05, 0) is 28.8 Å². The van der Waals surface area contributed by atoms with Crippen molar-refractivity contribution in [2.45, 2.75) is 12.5 Å². The minimum Gasteiger partial charge on any atom is -0.446 e. The highest BCUT2D eigenvalue weighted by molar-refractivity contribution is 6.07. The molecule has 7 nitrogen and oxygen atoms in total. The lowest BCUT2D eigenvalue weighted by Gasteiger charge is -2.17. The van der Waals surface area contributed by atoms with Crippen molar-refractivity contribution in [1.29, 1.82) is 0 Å². The van der Waals surface area contributed by atoms with E-state index >= 15 is 0 Å². The number of hydrogen-bond acceptors (Lipinski definition) is 5. The molecule has 1 heterocycles. The molecule has 0 aliphatic heterocycles. The lowest BCUT2D eigenvalue weighted by atomic mass is 10.0. The predicted octanol–water partition coefficient (Wildman–Crippen LogP) is 4.45. The SMILES string of the molecule is O=C(N[C@@H](Cc1ccc([N+](=O)[O-])cc1)c1cnco1)c1cccc2ccccc12. The van der Waals surface area contributed by atoms with E-state index in [0.717, 1.165) is 16.3 Å². The van der Waals surface area contributed by atoms with E-state index < -0.39 is 11.0 Å². The molecule has 0 aliphatic carbocycles. The molecular formula is C22H17N3O4. The zero-order valence-electron chi connectivity index (χ0n) is 15.3. The molecule has 0 saturated carbocycles. The highest BCUT2D eigenvalue weighted by Crippen LogP contribution is 2.23.